The lowest BCUT2D eigenvalue weighted by molar-refractivity contribution is 0.215. The van der Waals surface area contributed by atoms with E-state index in [1.807, 2.05) is 25.1 Å². The number of aromatic nitrogens is 2. The van der Waals surface area contributed by atoms with Crippen LogP contribution in [0.3, 0.4) is 0 Å². The normalized spacial score (nSPS) is 9.95. The molecule has 0 unspecified atom stereocenters. The van der Waals surface area contributed by atoms with Crippen molar-refractivity contribution in [2.45, 2.75) is 6.92 Å². The van der Waals surface area contributed by atoms with E-state index in [4.69, 9.17) is 4.74 Å². The molecule has 0 aliphatic rings. The molecule has 0 fully saturated rings. The van der Waals surface area contributed by atoms with E-state index in [-0.39, 0.29) is 0 Å². The number of anilines is 2. The standard InChI is InChI=1S/C14H16N4O2/c1-10-13(15-9-12(16-10)18(2)3)17-14(19)20-11-7-5-4-6-8-11/h4-9H,1-3H3,(H,15,17,19). The summed E-state index contributed by atoms with van der Waals surface area (Å²) in [6, 6.07) is 8.83. The number of aryl methyl sites for hydroxylation is 1. The molecule has 20 heavy (non-hydrogen) atoms. The molecule has 1 amide bonds. The summed E-state index contributed by atoms with van der Waals surface area (Å²) in [6.07, 6.45) is 0.997. The number of carbonyl (C=O) groups is 1. The minimum Gasteiger partial charge on any atom is -0.410 e. The second-order valence-electron chi connectivity index (χ2n) is 4.38. The Morgan fingerprint density at radius 1 is 1.25 bits per heavy atom. The Labute approximate surface area is 117 Å². The van der Waals surface area contributed by atoms with Crippen LogP contribution in [-0.4, -0.2) is 30.2 Å². The van der Waals surface area contributed by atoms with Crippen molar-refractivity contribution in [2.75, 3.05) is 24.3 Å². The van der Waals surface area contributed by atoms with Crippen molar-refractivity contribution in [3.63, 3.8) is 0 Å². The molecular weight excluding hydrogens is 256 g/mol. The van der Waals surface area contributed by atoms with Gasteiger partial charge in [-0.25, -0.2) is 14.8 Å². The van der Waals surface area contributed by atoms with Crippen LogP contribution in [0, 0.1) is 6.92 Å². The van der Waals surface area contributed by atoms with Crippen LogP contribution in [0.4, 0.5) is 16.4 Å². The molecule has 0 spiro atoms. The Kier molecular flexibility index (Phi) is 4.14. The van der Waals surface area contributed by atoms with E-state index in [2.05, 4.69) is 15.3 Å². The second-order valence-corrected chi connectivity index (χ2v) is 4.38. The van der Waals surface area contributed by atoms with Gasteiger partial charge < -0.3 is 9.64 Å². The molecule has 2 aromatic rings. The molecule has 0 aliphatic carbocycles. The fraction of sp³-hybridized carbons (Fsp3) is 0.214. The number of hydrogen-bond acceptors (Lipinski definition) is 5. The summed E-state index contributed by atoms with van der Waals surface area (Å²) in [5.74, 6) is 1.58. The summed E-state index contributed by atoms with van der Waals surface area (Å²) < 4.78 is 5.12. The second kappa shape index (κ2) is 6.01. The van der Waals surface area contributed by atoms with Gasteiger partial charge in [0.25, 0.3) is 0 Å². The Morgan fingerprint density at radius 2 is 1.95 bits per heavy atom. The number of ether oxygens (including phenoxy) is 1. The molecule has 0 saturated carbocycles. The molecule has 0 atom stereocenters. The third-order valence-corrected chi connectivity index (χ3v) is 2.57. The SMILES string of the molecule is Cc1nc(N(C)C)cnc1NC(=O)Oc1ccccc1. The van der Waals surface area contributed by atoms with Crippen LogP contribution < -0.4 is 15.0 Å². The first-order valence-electron chi connectivity index (χ1n) is 6.11. The summed E-state index contributed by atoms with van der Waals surface area (Å²) in [7, 11) is 3.75. The van der Waals surface area contributed by atoms with Crippen molar-refractivity contribution in [2.24, 2.45) is 0 Å². The first kappa shape index (κ1) is 13.8. The van der Waals surface area contributed by atoms with E-state index in [0.717, 1.165) is 5.82 Å². The van der Waals surface area contributed by atoms with Crippen molar-refractivity contribution >= 4 is 17.7 Å². The summed E-state index contributed by atoms with van der Waals surface area (Å²) in [5, 5.41) is 2.57. The highest BCUT2D eigenvalue weighted by Crippen LogP contribution is 2.15. The van der Waals surface area contributed by atoms with Gasteiger partial charge in [0.15, 0.2) is 5.82 Å². The van der Waals surface area contributed by atoms with Gasteiger partial charge in [0, 0.05) is 14.1 Å². The van der Waals surface area contributed by atoms with E-state index < -0.39 is 6.09 Å². The molecule has 1 aromatic carbocycles. The quantitative estimate of drug-likeness (QED) is 0.929. The molecule has 0 radical (unpaired) electrons. The third kappa shape index (κ3) is 3.44. The maximum absolute atomic E-state index is 11.7. The molecule has 104 valence electrons. The van der Waals surface area contributed by atoms with Crippen LogP contribution in [-0.2, 0) is 0 Å². The average Bonchev–Trinajstić information content (AvgIpc) is 2.42. The third-order valence-electron chi connectivity index (χ3n) is 2.57. The van der Waals surface area contributed by atoms with Crippen LogP contribution in [0.25, 0.3) is 0 Å². The predicted molar refractivity (Wildman–Crippen MR) is 77.2 cm³/mol. The largest absolute Gasteiger partial charge is 0.418 e. The number of nitrogens with zero attached hydrogens (tertiary/aromatic N) is 3. The molecule has 6 heteroatoms. The maximum Gasteiger partial charge on any atom is 0.418 e. The van der Waals surface area contributed by atoms with E-state index in [1.165, 1.54) is 0 Å². The highest BCUT2D eigenvalue weighted by Gasteiger charge is 2.10. The number of carbonyl (C=O) groups excluding carboxylic acids is 1. The smallest absolute Gasteiger partial charge is 0.410 e. The molecule has 0 aliphatic heterocycles. The molecular formula is C14H16N4O2. The summed E-state index contributed by atoms with van der Waals surface area (Å²) in [4.78, 5) is 22.1. The zero-order valence-electron chi connectivity index (χ0n) is 11.6. The molecule has 0 saturated heterocycles. The van der Waals surface area contributed by atoms with Crippen LogP contribution in [0.15, 0.2) is 36.5 Å². The van der Waals surface area contributed by atoms with Gasteiger partial charge in [0.1, 0.15) is 11.6 Å². The van der Waals surface area contributed by atoms with Crippen LogP contribution >= 0.6 is 0 Å². The van der Waals surface area contributed by atoms with E-state index in [9.17, 15) is 4.79 Å². The van der Waals surface area contributed by atoms with E-state index in [1.54, 1.807) is 37.4 Å². The average molecular weight is 272 g/mol. The highest BCUT2D eigenvalue weighted by atomic mass is 16.6. The van der Waals surface area contributed by atoms with Gasteiger partial charge in [-0.15, -0.1) is 0 Å². The maximum atomic E-state index is 11.7. The van der Waals surface area contributed by atoms with Crippen LogP contribution in [0.2, 0.25) is 0 Å². The Hall–Kier alpha value is -2.63. The first-order valence-corrected chi connectivity index (χ1v) is 6.11. The molecule has 1 aromatic heterocycles. The lowest BCUT2D eigenvalue weighted by Crippen LogP contribution is -2.19. The summed E-state index contributed by atoms with van der Waals surface area (Å²) >= 11 is 0. The van der Waals surface area contributed by atoms with Crippen molar-refractivity contribution < 1.29 is 9.53 Å². The van der Waals surface area contributed by atoms with Gasteiger partial charge in [-0.2, -0.15) is 0 Å². The van der Waals surface area contributed by atoms with Gasteiger partial charge in [-0.3, -0.25) is 5.32 Å². The fourth-order valence-corrected chi connectivity index (χ4v) is 1.53. The number of benzene rings is 1. The molecule has 2 rings (SSSR count). The van der Waals surface area contributed by atoms with Gasteiger partial charge in [-0.05, 0) is 19.1 Å². The lowest BCUT2D eigenvalue weighted by atomic mass is 10.3. The molecule has 1 heterocycles. The lowest BCUT2D eigenvalue weighted by Gasteiger charge is -2.13. The van der Waals surface area contributed by atoms with Gasteiger partial charge in [0.05, 0.1) is 11.9 Å². The summed E-state index contributed by atoms with van der Waals surface area (Å²) in [5.41, 5.74) is 0.626. The van der Waals surface area contributed by atoms with Crippen molar-refractivity contribution in [1.29, 1.82) is 0 Å². The Balaban J connectivity index is 2.05. The number of amides is 1. The molecule has 6 nitrogen and oxygen atoms in total. The van der Waals surface area contributed by atoms with Crippen LogP contribution in [0.1, 0.15) is 5.69 Å². The molecule has 1 N–H and O–H groups in total. The monoisotopic (exact) mass is 272 g/mol. The van der Waals surface area contributed by atoms with Gasteiger partial charge in [-0.1, -0.05) is 18.2 Å². The van der Waals surface area contributed by atoms with E-state index in [0.29, 0.717) is 17.3 Å². The fourth-order valence-electron chi connectivity index (χ4n) is 1.53. The topological polar surface area (TPSA) is 67.4 Å². The van der Waals surface area contributed by atoms with E-state index >= 15 is 0 Å². The van der Waals surface area contributed by atoms with Crippen molar-refractivity contribution in [1.82, 2.24) is 9.97 Å². The van der Waals surface area contributed by atoms with Crippen molar-refractivity contribution in [3.05, 3.63) is 42.2 Å². The first-order chi connectivity index (χ1) is 9.56. The number of rotatable bonds is 3. The zero-order chi connectivity index (χ0) is 14.5. The van der Waals surface area contributed by atoms with Gasteiger partial charge >= 0.3 is 6.09 Å². The number of hydrogen-bond donors (Lipinski definition) is 1. The number of para-hydroxylation sites is 1. The zero-order valence-corrected chi connectivity index (χ0v) is 11.6. The molecule has 0 bridgehead atoms. The highest BCUT2D eigenvalue weighted by molar-refractivity contribution is 5.85. The minimum absolute atomic E-state index is 0.386. The number of nitrogens with one attached hydrogen (secondary N) is 1. The Bertz CT molecular complexity index is 599. The Morgan fingerprint density at radius 3 is 2.55 bits per heavy atom. The van der Waals surface area contributed by atoms with Crippen molar-refractivity contribution in [3.8, 4) is 5.75 Å². The summed E-state index contributed by atoms with van der Waals surface area (Å²) in [6.45, 7) is 1.78. The predicted octanol–water partition coefficient (Wildman–Crippen LogP) is 2.46. The van der Waals surface area contributed by atoms with Gasteiger partial charge in [0.2, 0.25) is 0 Å². The van der Waals surface area contributed by atoms with Crippen LogP contribution in [0.5, 0.6) is 5.75 Å². The minimum atomic E-state index is -0.591.